The first-order valence-electron chi connectivity index (χ1n) is 7.15. The van der Waals surface area contributed by atoms with Crippen molar-refractivity contribution in [1.29, 1.82) is 0 Å². The number of hydrogen-bond donors (Lipinski definition) is 0. The Kier molecular flexibility index (Phi) is 3.87. The van der Waals surface area contributed by atoms with Crippen LogP contribution in [0, 0.1) is 13.8 Å². The van der Waals surface area contributed by atoms with E-state index in [1.165, 1.54) is 6.33 Å². The van der Waals surface area contributed by atoms with Crippen molar-refractivity contribution in [3.05, 3.63) is 64.3 Å². The molecule has 2 heterocycles. The number of benzene rings is 1. The zero-order chi connectivity index (χ0) is 15.5. The van der Waals surface area contributed by atoms with E-state index in [-0.39, 0.29) is 5.56 Å². The van der Waals surface area contributed by atoms with E-state index in [0.29, 0.717) is 24.2 Å². The smallest absolute Gasteiger partial charge is 0.262 e. The zero-order valence-corrected chi connectivity index (χ0v) is 12.6. The molecular weight excluding hydrogens is 278 g/mol. The lowest BCUT2D eigenvalue weighted by molar-refractivity contribution is 0.294. The van der Waals surface area contributed by atoms with Crippen LogP contribution in [-0.4, -0.2) is 21.1 Å². The minimum absolute atomic E-state index is 0.0948. The van der Waals surface area contributed by atoms with Crippen molar-refractivity contribution in [3.63, 3.8) is 0 Å². The second kappa shape index (κ2) is 5.97. The lowest BCUT2D eigenvalue weighted by Crippen LogP contribution is -2.23. The summed E-state index contributed by atoms with van der Waals surface area (Å²) in [6.07, 6.45) is 3.15. The van der Waals surface area contributed by atoms with Gasteiger partial charge in [-0.3, -0.25) is 9.36 Å². The molecule has 0 spiro atoms. The highest BCUT2D eigenvalue weighted by molar-refractivity contribution is 5.72. The van der Waals surface area contributed by atoms with Crippen LogP contribution in [0.2, 0.25) is 0 Å². The van der Waals surface area contributed by atoms with E-state index in [2.05, 4.69) is 9.97 Å². The van der Waals surface area contributed by atoms with Crippen LogP contribution in [0.4, 0.5) is 0 Å². The Morgan fingerprint density at radius 2 is 2.05 bits per heavy atom. The molecule has 3 rings (SSSR count). The van der Waals surface area contributed by atoms with Gasteiger partial charge in [0.1, 0.15) is 18.7 Å². The van der Waals surface area contributed by atoms with Crippen LogP contribution in [0.25, 0.3) is 11.0 Å². The molecule has 0 saturated carbocycles. The predicted molar refractivity (Wildman–Crippen MR) is 85.2 cm³/mol. The highest BCUT2D eigenvalue weighted by Gasteiger charge is 2.05. The van der Waals surface area contributed by atoms with Crippen molar-refractivity contribution in [2.45, 2.75) is 20.4 Å². The SMILES string of the molecule is Cc1ccc(C)c(OCCn2cnc3ncccc3c2=O)c1. The summed E-state index contributed by atoms with van der Waals surface area (Å²) in [5.41, 5.74) is 2.61. The first-order chi connectivity index (χ1) is 10.6. The van der Waals surface area contributed by atoms with Crippen LogP contribution < -0.4 is 10.3 Å². The van der Waals surface area contributed by atoms with Gasteiger partial charge in [0.2, 0.25) is 0 Å². The fraction of sp³-hybridized carbons (Fsp3) is 0.235. The van der Waals surface area contributed by atoms with Crippen molar-refractivity contribution < 1.29 is 4.74 Å². The largest absolute Gasteiger partial charge is 0.491 e. The Morgan fingerprint density at radius 3 is 2.91 bits per heavy atom. The van der Waals surface area contributed by atoms with Gasteiger partial charge in [0.25, 0.3) is 5.56 Å². The van der Waals surface area contributed by atoms with E-state index < -0.39 is 0 Å². The number of aromatic nitrogens is 3. The van der Waals surface area contributed by atoms with Crippen molar-refractivity contribution in [2.24, 2.45) is 0 Å². The fourth-order valence-electron chi connectivity index (χ4n) is 2.27. The molecular formula is C17H17N3O2. The standard InChI is InChI=1S/C17H17N3O2/c1-12-5-6-13(2)15(10-12)22-9-8-20-11-19-16-14(17(20)21)4-3-7-18-16/h3-7,10-11H,8-9H2,1-2H3. The second-order valence-corrected chi connectivity index (χ2v) is 5.24. The van der Waals surface area contributed by atoms with E-state index in [9.17, 15) is 4.79 Å². The van der Waals surface area contributed by atoms with Gasteiger partial charge in [-0.05, 0) is 43.2 Å². The molecule has 5 nitrogen and oxygen atoms in total. The molecule has 2 aromatic heterocycles. The average Bonchev–Trinajstić information content (AvgIpc) is 2.53. The molecule has 0 aliphatic heterocycles. The molecule has 22 heavy (non-hydrogen) atoms. The van der Waals surface area contributed by atoms with Gasteiger partial charge in [0.05, 0.1) is 11.9 Å². The number of ether oxygens (including phenoxy) is 1. The Hall–Kier alpha value is -2.69. The van der Waals surface area contributed by atoms with Crippen LogP contribution in [0.5, 0.6) is 5.75 Å². The van der Waals surface area contributed by atoms with Crippen molar-refractivity contribution in [3.8, 4) is 5.75 Å². The van der Waals surface area contributed by atoms with Gasteiger partial charge in [0.15, 0.2) is 5.65 Å². The van der Waals surface area contributed by atoms with Gasteiger partial charge in [-0.25, -0.2) is 9.97 Å². The molecule has 0 fully saturated rings. The fourth-order valence-corrected chi connectivity index (χ4v) is 2.27. The third-order valence-corrected chi connectivity index (χ3v) is 3.53. The molecule has 3 aromatic rings. The minimum Gasteiger partial charge on any atom is -0.491 e. The maximum absolute atomic E-state index is 12.3. The molecule has 0 radical (unpaired) electrons. The summed E-state index contributed by atoms with van der Waals surface area (Å²) >= 11 is 0. The van der Waals surface area contributed by atoms with Crippen LogP contribution in [0.1, 0.15) is 11.1 Å². The minimum atomic E-state index is -0.0948. The summed E-state index contributed by atoms with van der Waals surface area (Å²) in [7, 11) is 0. The third-order valence-electron chi connectivity index (χ3n) is 3.53. The number of aryl methyl sites for hydroxylation is 2. The quantitative estimate of drug-likeness (QED) is 0.742. The predicted octanol–water partition coefficient (Wildman–Crippen LogP) is 2.49. The van der Waals surface area contributed by atoms with Gasteiger partial charge >= 0.3 is 0 Å². The molecule has 0 amide bonds. The Morgan fingerprint density at radius 1 is 1.18 bits per heavy atom. The normalized spacial score (nSPS) is 10.8. The molecule has 0 bridgehead atoms. The second-order valence-electron chi connectivity index (χ2n) is 5.24. The van der Waals surface area contributed by atoms with Gasteiger partial charge in [-0.2, -0.15) is 0 Å². The van der Waals surface area contributed by atoms with Crippen molar-refractivity contribution in [1.82, 2.24) is 14.5 Å². The van der Waals surface area contributed by atoms with Gasteiger partial charge in [-0.15, -0.1) is 0 Å². The number of rotatable bonds is 4. The summed E-state index contributed by atoms with van der Waals surface area (Å²) in [5.74, 6) is 0.850. The van der Waals surface area contributed by atoms with Crippen LogP contribution in [0.3, 0.4) is 0 Å². The molecule has 1 aromatic carbocycles. The highest BCUT2D eigenvalue weighted by Crippen LogP contribution is 2.18. The zero-order valence-electron chi connectivity index (χ0n) is 12.6. The molecule has 0 unspecified atom stereocenters. The van der Waals surface area contributed by atoms with Crippen LogP contribution in [-0.2, 0) is 6.54 Å². The molecule has 0 N–H and O–H groups in total. The lowest BCUT2D eigenvalue weighted by atomic mass is 10.1. The summed E-state index contributed by atoms with van der Waals surface area (Å²) < 4.78 is 7.34. The first kappa shape index (κ1) is 14.3. The maximum Gasteiger partial charge on any atom is 0.262 e. The molecule has 5 heteroatoms. The Balaban J connectivity index is 1.76. The summed E-state index contributed by atoms with van der Waals surface area (Å²) in [5, 5.41) is 0.525. The number of fused-ring (bicyclic) bond motifs is 1. The summed E-state index contributed by atoms with van der Waals surface area (Å²) in [6.45, 7) is 4.89. The van der Waals surface area contributed by atoms with Crippen LogP contribution >= 0.6 is 0 Å². The van der Waals surface area contributed by atoms with E-state index in [0.717, 1.165) is 16.9 Å². The maximum atomic E-state index is 12.3. The van der Waals surface area contributed by atoms with E-state index >= 15 is 0 Å². The van der Waals surface area contributed by atoms with Gasteiger partial charge < -0.3 is 4.74 Å². The molecule has 0 aliphatic carbocycles. The summed E-state index contributed by atoms with van der Waals surface area (Å²) in [4.78, 5) is 20.6. The topological polar surface area (TPSA) is 57.0 Å². The van der Waals surface area contributed by atoms with E-state index in [1.807, 2.05) is 32.0 Å². The highest BCUT2D eigenvalue weighted by atomic mass is 16.5. The number of nitrogens with zero attached hydrogens (tertiary/aromatic N) is 3. The van der Waals surface area contributed by atoms with Gasteiger partial charge in [0, 0.05) is 6.20 Å². The third kappa shape index (κ3) is 2.83. The number of hydrogen-bond acceptors (Lipinski definition) is 4. The monoisotopic (exact) mass is 295 g/mol. The van der Waals surface area contributed by atoms with Crippen molar-refractivity contribution >= 4 is 11.0 Å². The average molecular weight is 295 g/mol. The van der Waals surface area contributed by atoms with Crippen LogP contribution in [0.15, 0.2) is 47.7 Å². The Labute approximate surface area is 128 Å². The lowest BCUT2D eigenvalue weighted by Gasteiger charge is -2.11. The molecule has 0 aliphatic rings. The molecule has 0 atom stereocenters. The Bertz CT molecular complexity index is 871. The van der Waals surface area contributed by atoms with E-state index in [4.69, 9.17) is 4.74 Å². The van der Waals surface area contributed by atoms with E-state index in [1.54, 1.807) is 22.9 Å². The first-order valence-corrected chi connectivity index (χ1v) is 7.15. The van der Waals surface area contributed by atoms with Crippen molar-refractivity contribution in [2.75, 3.05) is 6.61 Å². The van der Waals surface area contributed by atoms with Gasteiger partial charge in [-0.1, -0.05) is 12.1 Å². The number of pyridine rings is 1. The molecule has 0 saturated heterocycles. The molecule has 112 valence electrons. The summed E-state index contributed by atoms with van der Waals surface area (Å²) in [6, 6.07) is 9.55.